The van der Waals surface area contributed by atoms with Gasteiger partial charge in [-0.15, -0.1) is 0 Å². The highest BCUT2D eigenvalue weighted by Crippen LogP contribution is 2.15. The molecule has 0 bridgehead atoms. The van der Waals surface area contributed by atoms with Crippen molar-refractivity contribution in [2.75, 3.05) is 16.4 Å². The van der Waals surface area contributed by atoms with Gasteiger partial charge in [-0.3, -0.25) is 14.4 Å². The molecule has 7 nitrogen and oxygen atoms in total. The molecule has 0 aliphatic rings. The van der Waals surface area contributed by atoms with Crippen LogP contribution in [0.5, 0.6) is 0 Å². The lowest BCUT2D eigenvalue weighted by Crippen LogP contribution is -2.37. The monoisotopic (exact) mass is 422 g/mol. The fourth-order valence-corrected chi connectivity index (χ4v) is 3.43. The molecule has 0 heterocycles. The highest BCUT2D eigenvalue weighted by atomic mass is 35.5. The third-order valence-corrected chi connectivity index (χ3v) is 6.14. The van der Waals surface area contributed by atoms with Gasteiger partial charge in [0.1, 0.15) is 11.0 Å². The van der Waals surface area contributed by atoms with Crippen LogP contribution in [0.3, 0.4) is 0 Å². The van der Waals surface area contributed by atoms with Crippen molar-refractivity contribution in [1.29, 1.82) is 0 Å². The van der Waals surface area contributed by atoms with E-state index in [-0.39, 0.29) is 5.78 Å². The Bertz CT molecular complexity index is 986. The molecule has 0 aliphatic carbocycles. The van der Waals surface area contributed by atoms with Crippen molar-refractivity contribution in [3.05, 3.63) is 59.1 Å². The molecule has 9 heteroatoms. The van der Waals surface area contributed by atoms with Gasteiger partial charge in [-0.05, 0) is 62.4 Å². The summed E-state index contributed by atoms with van der Waals surface area (Å²) < 4.78 is 24.7. The average molecular weight is 423 g/mol. The second-order valence-corrected chi connectivity index (χ2v) is 8.89. The molecule has 0 spiro atoms. The van der Waals surface area contributed by atoms with Crippen LogP contribution in [0.15, 0.2) is 48.5 Å². The van der Waals surface area contributed by atoms with Crippen LogP contribution in [0.1, 0.15) is 24.2 Å². The topological polar surface area (TPSA) is 109 Å². The Morgan fingerprint density at radius 3 is 1.96 bits per heavy atom. The van der Waals surface area contributed by atoms with E-state index in [0.717, 1.165) is 0 Å². The maximum atomic E-state index is 12.4. The molecule has 2 rings (SSSR count). The fourth-order valence-electron chi connectivity index (χ4n) is 2.23. The minimum atomic E-state index is -4.03. The SMILES string of the molecule is CC(=O)c1ccc(NC(=O)C(C)S(=O)(=O)CC(=O)Nc2ccc(Cl)cc2)cc1. The first-order chi connectivity index (χ1) is 13.1. The number of sulfone groups is 1. The van der Waals surface area contributed by atoms with Gasteiger partial charge in [0, 0.05) is 22.0 Å². The molecule has 0 aliphatic heterocycles. The molecule has 0 aromatic heterocycles. The number of hydrogen-bond acceptors (Lipinski definition) is 5. The number of halogens is 1. The molecular formula is C19H19ClN2O5S. The number of anilines is 2. The molecule has 28 heavy (non-hydrogen) atoms. The lowest BCUT2D eigenvalue weighted by Gasteiger charge is -2.13. The predicted molar refractivity (Wildman–Crippen MR) is 108 cm³/mol. The largest absolute Gasteiger partial charge is 0.325 e. The van der Waals surface area contributed by atoms with Crippen LogP contribution >= 0.6 is 11.6 Å². The van der Waals surface area contributed by atoms with E-state index in [1.807, 2.05) is 0 Å². The Balaban J connectivity index is 1.99. The Morgan fingerprint density at radius 2 is 1.43 bits per heavy atom. The number of hydrogen-bond donors (Lipinski definition) is 2. The van der Waals surface area contributed by atoms with Gasteiger partial charge in [-0.1, -0.05) is 11.6 Å². The van der Waals surface area contributed by atoms with E-state index in [4.69, 9.17) is 11.6 Å². The van der Waals surface area contributed by atoms with E-state index in [1.165, 1.54) is 50.2 Å². The lowest BCUT2D eigenvalue weighted by molar-refractivity contribution is -0.115. The van der Waals surface area contributed by atoms with Crippen molar-refractivity contribution < 1.29 is 22.8 Å². The van der Waals surface area contributed by atoms with Crippen LogP contribution in [0.4, 0.5) is 11.4 Å². The zero-order valence-corrected chi connectivity index (χ0v) is 16.8. The zero-order valence-electron chi connectivity index (χ0n) is 15.2. The number of benzene rings is 2. The maximum Gasteiger partial charge on any atom is 0.242 e. The molecule has 1 atom stereocenters. The van der Waals surface area contributed by atoms with Crippen LogP contribution in [-0.2, 0) is 19.4 Å². The molecule has 0 saturated carbocycles. The fraction of sp³-hybridized carbons (Fsp3) is 0.211. The lowest BCUT2D eigenvalue weighted by atomic mass is 10.1. The summed E-state index contributed by atoms with van der Waals surface area (Å²) in [6.07, 6.45) is 0. The highest BCUT2D eigenvalue weighted by Gasteiger charge is 2.30. The van der Waals surface area contributed by atoms with E-state index in [2.05, 4.69) is 10.6 Å². The third-order valence-electron chi connectivity index (χ3n) is 3.93. The van der Waals surface area contributed by atoms with E-state index in [0.29, 0.717) is 22.0 Å². The number of nitrogens with one attached hydrogen (secondary N) is 2. The van der Waals surface area contributed by atoms with Gasteiger partial charge in [0.25, 0.3) is 0 Å². The number of ketones is 1. The van der Waals surface area contributed by atoms with Gasteiger partial charge in [0.05, 0.1) is 0 Å². The van der Waals surface area contributed by atoms with E-state index >= 15 is 0 Å². The van der Waals surface area contributed by atoms with Crippen molar-refractivity contribution in [2.24, 2.45) is 0 Å². The number of carbonyl (C=O) groups excluding carboxylic acids is 3. The molecule has 2 aromatic rings. The van der Waals surface area contributed by atoms with Gasteiger partial charge < -0.3 is 10.6 Å². The Labute approximate surface area is 168 Å². The number of rotatable bonds is 7. The molecular weight excluding hydrogens is 404 g/mol. The predicted octanol–water partition coefficient (Wildman–Crippen LogP) is 2.92. The summed E-state index contributed by atoms with van der Waals surface area (Å²) in [5.74, 6) is -2.49. The third kappa shape index (κ3) is 5.90. The number of amides is 2. The number of Topliss-reactive ketones (excluding diaryl/α,β-unsaturated/α-hetero) is 1. The first-order valence-electron chi connectivity index (χ1n) is 8.27. The summed E-state index contributed by atoms with van der Waals surface area (Å²) >= 11 is 5.75. The molecule has 2 amide bonds. The van der Waals surface area contributed by atoms with Gasteiger partial charge in [0.15, 0.2) is 15.6 Å². The quantitative estimate of drug-likeness (QED) is 0.666. The van der Waals surface area contributed by atoms with E-state index in [1.54, 1.807) is 12.1 Å². The van der Waals surface area contributed by atoms with Gasteiger partial charge in [-0.2, -0.15) is 0 Å². The molecule has 148 valence electrons. The average Bonchev–Trinajstić information content (AvgIpc) is 2.63. The van der Waals surface area contributed by atoms with Crippen LogP contribution in [-0.4, -0.2) is 37.0 Å². The summed E-state index contributed by atoms with van der Waals surface area (Å²) in [6, 6.07) is 12.2. The summed E-state index contributed by atoms with van der Waals surface area (Å²) in [5.41, 5.74) is 1.22. The Hall–Kier alpha value is -2.71. The van der Waals surface area contributed by atoms with Crippen molar-refractivity contribution in [3.63, 3.8) is 0 Å². The van der Waals surface area contributed by atoms with Crippen LogP contribution < -0.4 is 10.6 Å². The molecule has 0 fully saturated rings. The second kappa shape index (κ2) is 8.99. The van der Waals surface area contributed by atoms with Crippen LogP contribution in [0, 0.1) is 0 Å². The van der Waals surface area contributed by atoms with Crippen LogP contribution in [0.25, 0.3) is 0 Å². The Morgan fingerprint density at radius 1 is 0.929 bits per heavy atom. The normalized spacial score (nSPS) is 12.1. The van der Waals surface area contributed by atoms with Crippen molar-refractivity contribution in [2.45, 2.75) is 19.1 Å². The van der Waals surface area contributed by atoms with Crippen LogP contribution in [0.2, 0.25) is 5.02 Å². The summed E-state index contributed by atoms with van der Waals surface area (Å²) in [7, 11) is -4.03. The highest BCUT2D eigenvalue weighted by molar-refractivity contribution is 7.93. The van der Waals surface area contributed by atoms with E-state index < -0.39 is 32.7 Å². The van der Waals surface area contributed by atoms with Crippen molar-refractivity contribution in [3.8, 4) is 0 Å². The smallest absolute Gasteiger partial charge is 0.242 e. The summed E-state index contributed by atoms with van der Waals surface area (Å²) in [4.78, 5) is 35.5. The summed E-state index contributed by atoms with van der Waals surface area (Å²) in [6.45, 7) is 2.63. The molecule has 2 aromatic carbocycles. The van der Waals surface area contributed by atoms with Crippen molar-refractivity contribution in [1.82, 2.24) is 0 Å². The summed E-state index contributed by atoms with van der Waals surface area (Å²) in [5, 5.41) is 3.96. The zero-order chi connectivity index (χ0) is 20.9. The molecule has 1 unspecified atom stereocenters. The minimum Gasteiger partial charge on any atom is -0.325 e. The molecule has 2 N–H and O–H groups in total. The first-order valence-corrected chi connectivity index (χ1v) is 10.4. The molecule has 0 saturated heterocycles. The van der Waals surface area contributed by atoms with Crippen molar-refractivity contribution >= 4 is 50.4 Å². The maximum absolute atomic E-state index is 12.4. The minimum absolute atomic E-state index is 0.125. The van der Waals surface area contributed by atoms with Gasteiger partial charge in [-0.25, -0.2) is 8.42 Å². The van der Waals surface area contributed by atoms with E-state index in [9.17, 15) is 22.8 Å². The van der Waals surface area contributed by atoms with Gasteiger partial charge in [0.2, 0.25) is 11.8 Å². The Kier molecular flexibility index (Phi) is 6.93. The first kappa shape index (κ1) is 21.6. The van der Waals surface area contributed by atoms with Gasteiger partial charge >= 0.3 is 0 Å². The number of carbonyl (C=O) groups is 3. The standard InChI is InChI=1S/C19H19ClN2O5S/c1-12(23)14-3-7-17(8-4-14)22-19(25)13(2)28(26,27)11-18(24)21-16-9-5-15(20)6-10-16/h3-10,13H,11H2,1-2H3,(H,21,24)(H,22,25). The molecule has 0 radical (unpaired) electrons. The second-order valence-electron chi connectivity index (χ2n) is 6.13.